The lowest BCUT2D eigenvalue weighted by Gasteiger charge is -2.23. The molecule has 19 heavy (non-hydrogen) atoms. The van der Waals surface area contributed by atoms with Crippen molar-refractivity contribution in [3.05, 3.63) is 29.8 Å². The molecule has 0 saturated carbocycles. The number of hydrogen-bond acceptors (Lipinski definition) is 3. The molecule has 104 valence electrons. The Labute approximate surface area is 115 Å². The molecule has 4 heteroatoms. The lowest BCUT2D eigenvalue weighted by molar-refractivity contribution is -0.128. The third-order valence-electron chi connectivity index (χ3n) is 3.62. The number of hydrogen-bond donors (Lipinski definition) is 1. The van der Waals surface area contributed by atoms with Gasteiger partial charge in [0, 0.05) is 45.3 Å². The molecule has 1 N–H and O–H groups in total. The summed E-state index contributed by atoms with van der Waals surface area (Å²) in [5.74, 6) is 0.186. The SMILES string of the molecule is CNCc1ccc(N2CCCN(C(C)=O)CC2)cc1. The van der Waals surface area contributed by atoms with Gasteiger partial charge in [0.25, 0.3) is 0 Å². The van der Waals surface area contributed by atoms with Crippen LogP contribution < -0.4 is 10.2 Å². The summed E-state index contributed by atoms with van der Waals surface area (Å²) in [5.41, 5.74) is 2.55. The third-order valence-corrected chi connectivity index (χ3v) is 3.62. The Morgan fingerprint density at radius 3 is 2.53 bits per heavy atom. The normalized spacial score (nSPS) is 16.3. The minimum Gasteiger partial charge on any atom is -0.370 e. The summed E-state index contributed by atoms with van der Waals surface area (Å²) in [5, 5.41) is 3.15. The quantitative estimate of drug-likeness (QED) is 0.895. The van der Waals surface area contributed by atoms with Crippen LogP contribution in [0.3, 0.4) is 0 Å². The minimum atomic E-state index is 0.186. The number of rotatable bonds is 3. The smallest absolute Gasteiger partial charge is 0.219 e. The molecule has 0 bridgehead atoms. The fraction of sp³-hybridized carbons (Fsp3) is 0.533. The van der Waals surface area contributed by atoms with E-state index in [9.17, 15) is 4.79 Å². The van der Waals surface area contributed by atoms with Crippen LogP contribution in [-0.2, 0) is 11.3 Å². The van der Waals surface area contributed by atoms with E-state index in [1.54, 1.807) is 6.92 Å². The van der Waals surface area contributed by atoms with Crippen LogP contribution in [0.1, 0.15) is 18.9 Å². The van der Waals surface area contributed by atoms with E-state index in [0.717, 1.165) is 39.1 Å². The largest absolute Gasteiger partial charge is 0.370 e. The Hall–Kier alpha value is -1.55. The van der Waals surface area contributed by atoms with Crippen LogP contribution in [0, 0.1) is 0 Å². The summed E-state index contributed by atoms with van der Waals surface area (Å²) in [6.07, 6.45) is 1.04. The number of benzene rings is 1. The fourth-order valence-corrected chi connectivity index (χ4v) is 2.52. The molecule has 1 saturated heterocycles. The molecule has 0 radical (unpaired) electrons. The Morgan fingerprint density at radius 2 is 1.89 bits per heavy atom. The molecule has 1 heterocycles. The van der Waals surface area contributed by atoms with Crippen molar-refractivity contribution in [2.45, 2.75) is 19.9 Å². The van der Waals surface area contributed by atoms with E-state index in [1.807, 2.05) is 11.9 Å². The molecule has 0 aromatic heterocycles. The molecular formula is C15H23N3O. The second-order valence-corrected chi connectivity index (χ2v) is 5.04. The highest BCUT2D eigenvalue weighted by Crippen LogP contribution is 2.17. The van der Waals surface area contributed by atoms with Crippen molar-refractivity contribution in [2.24, 2.45) is 0 Å². The average molecular weight is 261 g/mol. The summed E-state index contributed by atoms with van der Waals surface area (Å²) in [6, 6.07) is 8.69. The lowest BCUT2D eigenvalue weighted by atomic mass is 10.2. The van der Waals surface area contributed by atoms with E-state index in [-0.39, 0.29) is 5.91 Å². The Morgan fingerprint density at radius 1 is 1.16 bits per heavy atom. The monoisotopic (exact) mass is 261 g/mol. The van der Waals surface area contributed by atoms with Crippen molar-refractivity contribution in [1.29, 1.82) is 0 Å². The standard InChI is InChI=1S/C15H23N3O/c1-13(19)17-8-3-9-18(11-10-17)15-6-4-14(5-7-15)12-16-2/h4-7,16H,3,8-12H2,1-2H3. The first-order valence-corrected chi connectivity index (χ1v) is 6.94. The van der Waals surface area contributed by atoms with Crippen LogP contribution >= 0.6 is 0 Å². The minimum absolute atomic E-state index is 0.186. The molecule has 1 amide bonds. The van der Waals surface area contributed by atoms with E-state index in [4.69, 9.17) is 0 Å². The first-order chi connectivity index (χ1) is 9.20. The van der Waals surface area contributed by atoms with Gasteiger partial charge in [-0.3, -0.25) is 4.79 Å². The number of anilines is 1. The lowest BCUT2D eigenvalue weighted by Crippen LogP contribution is -2.33. The van der Waals surface area contributed by atoms with Crippen LogP contribution in [0.15, 0.2) is 24.3 Å². The molecule has 1 aromatic rings. The van der Waals surface area contributed by atoms with Gasteiger partial charge in [-0.2, -0.15) is 0 Å². The number of carbonyl (C=O) groups excluding carboxylic acids is 1. The molecule has 0 atom stereocenters. The first kappa shape index (κ1) is 13.9. The van der Waals surface area contributed by atoms with Crippen molar-refractivity contribution in [3.8, 4) is 0 Å². The summed E-state index contributed by atoms with van der Waals surface area (Å²) in [7, 11) is 1.96. The van der Waals surface area contributed by atoms with E-state index in [1.165, 1.54) is 11.3 Å². The third kappa shape index (κ3) is 3.70. The summed E-state index contributed by atoms with van der Waals surface area (Å²) < 4.78 is 0. The number of amides is 1. The van der Waals surface area contributed by atoms with Gasteiger partial charge in [0.2, 0.25) is 5.91 Å². The van der Waals surface area contributed by atoms with Crippen molar-refractivity contribution in [1.82, 2.24) is 10.2 Å². The highest BCUT2D eigenvalue weighted by molar-refractivity contribution is 5.73. The van der Waals surface area contributed by atoms with Crippen LogP contribution in [0.2, 0.25) is 0 Å². The van der Waals surface area contributed by atoms with E-state index in [2.05, 4.69) is 34.5 Å². The average Bonchev–Trinajstić information content (AvgIpc) is 2.66. The predicted octanol–water partition coefficient (Wildman–Crippen LogP) is 1.46. The predicted molar refractivity (Wildman–Crippen MR) is 78.3 cm³/mol. The maximum absolute atomic E-state index is 11.4. The molecule has 1 fully saturated rings. The Balaban J connectivity index is 1.99. The molecule has 1 aliphatic heterocycles. The van der Waals surface area contributed by atoms with E-state index in [0.29, 0.717) is 0 Å². The first-order valence-electron chi connectivity index (χ1n) is 6.94. The van der Waals surface area contributed by atoms with Crippen molar-refractivity contribution >= 4 is 11.6 Å². The zero-order chi connectivity index (χ0) is 13.7. The van der Waals surface area contributed by atoms with Gasteiger partial charge < -0.3 is 15.1 Å². The zero-order valence-electron chi connectivity index (χ0n) is 11.9. The highest BCUT2D eigenvalue weighted by Gasteiger charge is 2.16. The van der Waals surface area contributed by atoms with Gasteiger partial charge in [-0.25, -0.2) is 0 Å². The van der Waals surface area contributed by atoms with Crippen LogP contribution in [0.5, 0.6) is 0 Å². The van der Waals surface area contributed by atoms with Crippen molar-refractivity contribution in [2.75, 3.05) is 38.1 Å². The van der Waals surface area contributed by atoms with Gasteiger partial charge in [0.15, 0.2) is 0 Å². The maximum atomic E-state index is 11.4. The summed E-state index contributed by atoms with van der Waals surface area (Å²) >= 11 is 0. The zero-order valence-corrected chi connectivity index (χ0v) is 11.9. The molecule has 1 aliphatic rings. The van der Waals surface area contributed by atoms with Crippen molar-refractivity contribution < 1.29 is 4.79 Å². The number of nitrogens with one attached hydrogen (secondary N) is 1. The van der Waals surface area contributed by atoms with E-state index >= 15 is 0 Å². The Kier molecular flexibility index (Phi) is 4.80. The van der Waals surface area contributed by atoms with Gasteiger partial charge >= 0.3 is 0 Å². The second kappa shape index (κ2) is 6.57. The molecule has 2 rings (SSSR count). The highest BCUT2D eigenvalue weighted by atomic mass is 16.2. The Bertz CT molecular complexity index is 416. The van der Waals surface area contributed by atoms with Crippen molar-refractivity contribution in [3.63, 3.8) is 0 Å². The molecule has 0 aliphatic carbocycles. The number of nitrogens with zero attached hydrogens (tertiary/aromatic N) is 2. The summed E-state index contributed by atoms with van der Waals surface area (Å²) in [6.45, 7) is 6.21. The van der Waals surface area contributed by atoms with Gasteiger partial charge in [-0.15, -0.1) is 0 Å². The maximum Gasteiger partial charge on any atom is 0.219 e. The summed E-state index contributed by atoms with van der Waals surface area (Å²) in [4.78, 5) is 15.7. The van der Waals surface area contributed by atoms with Crippen LogP contribution in [0.4, 0.5) is 5.69 Å². The molecule has 1 aromatic carbocycles. The van der Waals surface area contributed by atoms with E-state index < -0.39 is 0 Å². The molecule has 0 unspecified atom stereocenters. The van der Waals surface area contributed by atoms with Crippen LogP contribution in [0.25, 0.3) is 0 Å². The van der Waals surface area contributed by atoms with Crippen LogP contribution in [-0.4, -0.2) is 44.0 Å². The topological polar surface area (TPSA) is 35.6 Å². The fourth-order valence-electron chi connectivity index (χ4n) is 2.52. The second-order valence-electron chi connectivity index (χ2n) is 5.04. The molecule has 4 nitrogen and oxygen atoms in total. The van der Waals surface area contributed by atoms with Gasteiger partial charge in [0.05, 0.1) is 0 Å². The molecule has 0 spiro atoms. The molecular weight excluding hydrogens is 238 g/mol. The number of carbonyl (C=O) groups is 1. The van der Waals surface area contributed by atoms with Gasteiger partial charge in [-0.1, -0.05) is 12.1 Å². The van der Waals surface area contributed by atoms with Gasteiger partial charge in [-0.05, 0) is 31.2 Å². The van der Waals surface area contributed by atoms with Gasteiger partial charge in [0.1, 0.15) is 0 Å².